The molecule has 0 aliphatic carbocycles. The fourth-order valence-corrected chi connectivity index (χ4v) is 1.46. The molecule has 3 heteroatoms. The number of rotatable bonds is 6. The Bertz CT molecular complexity index is 323. The van der Waals surface area contributed by atoms with E-state index in [9.17, 15) is 4.79 Å². The molecule has 0 heterocycles. The molecule has 1 rings (SSSR count). The van der Waals surface area contributed by atoms with E-state index in [4.69, 9.17) is 9.84 Å². The molecule has 1 N–H and O–H groups in total. The van der Waals surface area contributed by atoms with E-state index >= 15 is 0 Å². The number of aromatic hydroxyl groups is 1. The number of aldehydes is 1. The third kappa shape index (κ3) is 6.94. The second-order valence-electron chi connectivity index (χ2n) is 4.12. The molecule has 0 aromatic heterocycles. The number of carbonyl (C=O) groups is 1. The summed E-state index contributed by atoms with van der Waals surface area (Å²) in [6.07, 6.45) is 5.55. The monoisotopic (exact) mass is 252 g/mol. The molecule has 3 nitrogen and oxygen atoms in total. The van der Waals surface area contributed by atoms with Crippen LogP contribution in [0.15, 0.2) is 24.3 Å². The molecule has 18 heavy (non-hydrogen) atoms. The molecule has 1 unspecified atom stereocenters. The number of benzene rings is 1. The summed E-state index contributed by atoms with van der Waals surface area (Å²) >= 11 is 0. The SMILES string of the molecule is CCCCC(C=O)CC.COc1ccccc1O. The van der Waals surface area contributed by atoms with E-state index in [0.29, 0.717) is 11.7 Å². The first kappa shape index (κ1) is 16.5. The van der Waals surface area contributed by atoms with Gasteiger partial charge in [-0.25, -0.2) is 0 Å². The lowest BCUT2D eigenvalue weighted by atomic mass is 10.0. The number of methoxy groups -OCH3 is 1. The first-order chi connectivity index (χ1) is 8.69. The van der Waals surface area contributed by atoms with Crippen molar-refractivity contribution >= 4 is 6.29 Å². The molecule has 0 amide bonds. The second kappa shape index (κ2) is 10.6. The lowest BCUT2D eigenvalue weighted by molar-refractivity contribution is -0.111. The number of hydrogen-bond acceptors (Lipinski definition) is 3. The normalized spacial score (nSPS) is 11.1. The van der Waals surface area contributed by atoms with Gasteiger partial charge in [-0.15, -0.1) is 0 Å². The van der Waals surface area contributed by atoms with Gasteiger partial charge in [0.2, 0.25) is 0 Å². The number of hydrogen-bond donors (Lipinski definition) is 1. The van der Waals surface area contributed by atoms with Gasteiger partial charge in [0, 0.05) is 5.92 Å². The minimum atomic E-state index is 0.181. The summed E-state index contributed by atoms with van der Waals surface area (Å²) in [4.78, 5) is 10.2. The van der Waals surface area contributed by atoms with Crippen LogP contribution in [-0.4, -0.2) is 18.5 Å². The largest absolute Gasteiger partial charge is 0.504 e. The summed E-state index contributed by atoms with van der Waals surface area (Å²) in [5.41, 5.74) is 0. The Morgan fingerprint density at radius 1 is 1.33 bits per heavy atom. The van der Waals surface area contributed by atoms with E-state index in [1.807, 2.05) is 0 Å². The molecule has 1 atom stereocenters. The highest BCUT2D eigenvalue weighted by atomic mass is 16.5. The summed E-state index contributed by atoms with van der Waals surface area (Å²) < 4.78 is 4.79. The zero-order valence-electron chi connectivity index (χ0n) is 11.6. The van der Waals surface area contributed by atoms with Crippen LogP contribution >= 0.6 is 0 Å². The van der Waals surface area contributed by atoms with E-state index in [-0.39, 0.29) is 5.75 Å². The van der Waals surface area contributed by atoms with Gasteiger partial charge < -0.3 is 14.6 Å². The topological polar surface area (TPSA) is 46.5 Å². The zero-order valence-corrected chi connectivity index (χ0v) is 11.6. The molecule has 0 bridgehead atoms. The van der Waals surface area contributed by atoms with Gasteiger partial charge in [0.25, 0.3) is 0 Å². The van der Waals surface area contributed by atoms with Crippen LogP contribution in [0.3, 0.4) is 0 Å². The summed E-state index contributed by atoms with van der Waals surface area (Å²) in [6.45, 7) is 4.21. The number of phenols is 1. The van der Waals surface area contributed by atoms with Crippen LogP contribution in [-0.2, 0) is 4.79 Å². The maximum Gasteiger partial charge on any atom is 0.160 e. The minimum Gasteiger partial charge on any atom is -0.504 e. The number of carbonyl (C=O) groups excluding carboxylic acids is 1. The van der Waals surface area contributed by atoms with Gasteiger partial charge in [-0.1, -0.05) is 38.8 Å². The van der Waals surface area contributed by atoms with Gasteiger partial charge >= 0.3 is 0 Å². The van der Waals surface area contributed by atoms with E-state index in [1.54, 1.807) is 24.3 Å². The van der Waals surface area contributed by atoms with Crippen LogP contribution in [0.4, 0.5) is 0 Å². The molecule has 0 saturated heterocycles. The van der Waals surface area contributed by atoms with Gasteiger partial charge in [0.1, 0.15) is 6.29 Å². The Hall–Kier alpha value is -1.51. The zero-order chi connectivity index (χ0) is 13.8. The summed E-state index contributed by atoms with van der Waals surface area (Å²) in [5, 5.41) is 8.99. The highest BCUT2D eigenvalue weighted by molar-refractivity contribution is 5.53. The highest BCUT2D eigenvalue weighted by Gasteiger charge is 2.01. The lowest BCUT2D eigenvalue weighted by Gasteiger charge is -2.03. The third-order valence-electron chi connectivity index (χ3n) is 2.73. The predicted octanol–water partition coefficient (Wildman–Crippen LogP) is 3.80. The van der Waals surface area contributed by atoms with Gasteiger partial charge in [-0.3, -0.25) is 0 Å². The van der Waals surface area contributed by atoms with Crippen molar-refractivity contribution in [2.75, 3.05) is 7.11 Å². The van der Waals surface area contributed by atoms with Crippen LogP contribution in [0.5, 0.6) is 11.5 Å². The van der Waals surface area contributed by atoms with Crippen LogP contribution in [0, 0.1) is 5.92 Å². The van der Waals surface area contributed by atoms with Crippen molar-refractivity contribution in [1.82, 2.24) is 0 Å². The van der Waals surface area contributed by atoms with Crippen LogP contribution in [0.2, 0.25) is 0 Å². The van der Waals surface area contributed by atoms with Crippen molar-refractivity contribution in [2.24, 2.45) is 5.92 Å². The van der Waals surface area contributed by atoms with Crippen LogP contribution < -0.4 is 4.74 Å². The van der Waals surface area contributed by atoms with Crippen molar-refractivity contribution in [3.05, 3.63) is 24.3 Å². The van der Waals surface area contributed by atoms with Crippen LogP contribution in [0.1, 0.15) is 39.5 Å². The summed E-state index contributed by atoms with van der Waals surface area (Å²) in [7, 11) is 1.52. The first-order valence-electron chi connectivity index (χ1n) is 6.46. The second-order valence-corrected chi connectivity index (χ2v) is 4.12. The Balaban J connectivity index is 0.000000321. The maximum atomic E-state index is 10.2. The maximum absolute atomic E-state index is 10.2. The molecule has 1 aromatic rings. The van der Waals surface area contributed by atoms with Crippen molar-refractivity contribution in [3.63, 3.8) is 0 Å². The standard InChI is InChI=1S/C8H16O.C7H8O2/c1-3-5-6-8(4-2)7-9;1-9-7-5-3-2-4-6(7)8/h7-8H,3-6H2,1-2H3;2-5,8H,1H3. The van der Waals surface area contributed by atoms with E-state index in [2.05, 4.69) is 13.8 Å². The van der Waals surface area contributed by atoms with E-state index < -0.39 is 0 Å². The number of unbranched alkanes of at least 4 members (excludes halogenated alkanes) is 1. The molecule has 0 fully saturated rings. The van der Waals surface area contributed by atoms with Crippen molar-refractivity contribution < 1.29 is 14.6 Å². The fraction of sp³-hybridized carbons (Fsp3) is 0.533. The minimum absolute atomic E-state index is 0.181. The first-order valence-corrected chi connectivity index (χ1v) is 6.46. The molecule has 0 spiro atoms. The highest BCUT2D eigenvalue weighted by Crippen LogP contribution is 2.23. The molecule has 0 saturated carbocycles. The Kier molecular flexibility index (Phi) is 9.74. The lowest BCUT2D eigenvalue weighted by Crippen LogP contribution is -1.98. The Morgan fingerprint density at radius 3 is 2.39 bits per heavy atom. The molecule has 1 aromatic carbocycles. The van der Waals surface area contributed by atoms with Gasteiger partial charge in [-0.2, -0.15) is 0 Å². The molecule has 0 radical (unpaired) electrons. The number of ether oxygens (including phenoxy) is 1. The Labute approximate surface area is 110 Å². The van der Waals surface area contributed by atoms with Crippen LogP contribution in [0.25, 0.3) is 0 Å². The molecular formula is C15H24O3. The average molecular weight is 252 g/mol. The molecule has 0 aliphatic rings. The summed E-state index contributed by atoms with van der Waals surface area (Å²) in [6, 6.07) is 6.84. The Morgan fingerprint density at radius 2 is 2.00 bits per heavy atom. The molecule has 0 aliphatic heterocycles. The number of phenolic OH excluding ortho intramolecular Hbond substituents is 1. The third-order valence-corrected chi connectivity index (χ3v) is 2.73. The van der Waals surface area contributed by atoms with Crippen molar-refractivity contribution in [3.8, 4) is 11.5 Å². The van der Waals surface area contributed by atoms with E-state index in [0.717, 1.165) is 19.1 Å². The van der Waals surface area contributed by atoms with Gasteiger partial charge in [0.05, 0.1) is 7.11 Å². The van der Waals surface area contributed by atoms with Crippen molar-refractivity contribution in [1.29, 1.82) is 0 Å². The van der Waals surface area contributed by atoms with E-state index in [1.165, 1.54) is 20.0 Å². The van der Waals surface area contributed by atoms with Crippen molar-refractivity contribution in [2.45, 2.75) is 39.5 Å². The average Bonchev–Trinajstić information content (AvgIpc) is 2.41. The smallest absolute Gasteiger partial charge is 0.160 e. The fourth-order valence-electron chi connectivity index (χ4n) is 1.46. The predicted molar refractivity (Wildman–Crippen MR) is 74.0 cm³/mol. The van der Waals surface area contributed by atoms with Gasteiger partial charge in [0.15, 0.2) is 11.5 Å². The quantitative estimate of drug-likeness (QED) is 0.783. The molecule has 102 valence electrons. The van der Waals surface area contributed by atoms with Gasteiger partial charge in [-0.05, 0) is 25.0 Å². The number of para-hydroxylation sites is 2. The summed E-state index contributed by atoms with van der Waals surface area (Å²) in [5.74, 6) is 1.02. The molecular weight excluding hydrogens is 228 g/mol.